The molecule has 175 valence electrons. The van der Waals surface area contributed by atoms with Crippen LogP contribution in [0.1, 0.15) is 89.0 Å². The summed E-state index contributed by atoms with van der Waals surface area (Å²) in [5, 5.41) is -0.173. The fraction of sp³-hybridized carbons (Fsp3) is 0.760. The van der Waals surface area contributed by atoms with E-state index < -0.39 is 12.4 Å². The molecule has 0 aromatic heterocycles. The van der Waals surface area contributed by atoms with Crippen LogP contribution in [0.2, 0.25) is 23.2 Å². The molecule has 0 atom stereocenters. The number of benzene rings is 1. The lowest BCUT2D eigenvalue weighted by Gasteiger charge is -2.30. The van der Waals surface area contributed by atoms with Crippen LogP contribution in [-0.2, 0) is 0 Å². The molecule has 1 aliphatic heterocycles. The van der Waals surface area contributed by atoms with E-state index in [-0.39, 0.29) is 25.5 Å². The molecule has 2 fully saturated rings. The molecule has 1 aromatic carbocycles. The van der Waals surface area contributed by atoms with Crippen molar-refractivity contribution in [2.75, 3.05) is 0 Å². The topological polar surface area (TPSA) is 9.23 Å². The summed E-state index contributed by atoms with van der Waals surface area (Å²) in [5.41, 5.74) is 0.543. The first-order valence-electron chi connectivity index (χ1n) is 12.2. The van der Waals surface area contributed by atoms with Gasteiger partial charge in [-0.25, -0.2) is 4.39 Å². The van der Waals surface area contributed by atoms with Crippen LogP contribution in [0, 0.1) is 17.7 Å². The maximum absolute atomic E-state index is 14.3. The highest BCUT2D eigenvalue weighted by Gasteiger charge is 2.28. The fourth-order valence-corrected chi connectivity index (χ4v) is 8.92. The van der Waals surface area contributed by atoms with Gasteiger partial charge in [0.25, 0.3) is 0 Å². The molecule has 1 aliphatic carbocycles. The zero-order valence-corrected chi connectivity index (χ0v) is 20.5. The Morgan fingerprint density at radius 1 is 1.00 bits per heavy atom. The fourth-order valence-electron chi connectivity index (χ4n) is 5.68. The van der Waals surface area contributed by atoms with Gasteiger partial charge < -0.3 is 4.74 Å². The van der Waals surface area contributed by atoms with Crippen LogP contribution in [0.15, 0.2) is 12.1 Å². The molecule has 0 spiro atoms. The Morgan fingerprint density at radius 3 is 2.19 bits per heavy atom. The molecule has 0 bridgehead atoms. The highest BCUT2D eigenvalue weighted by atomic mass is 35.5. The molecule has 6 heteroatoms. The monoisotopic (exact) mass is 473 g/mol. The van der Waals surface area contributed by atoms with E-state index in [2.05, 4.69) is 11.7 Å². The lowest BCUT2D eigenvalue weighted by Crippen LogP contribution is -2.21. The van der Waals surface area contributed by atoms with Crippen molar-refractivity contribution in [3.05, 3.63) is 28.5 Å². The zero-order chi connectivity index (χ0) is 22.2. The predicted octanol–water partition coefficient (Wildman–Crippen LogP) is 9.23. The molecule has 2 aliphatic rings. The Morgan fingerprint density at radius 2 is 1.61 bits per heavy atom. The van der Waals surface area contributed by atoms with Gasteiger partial charge in [-0.2, -0.15) is 8.78 Å². The van der Waals surface area contributed by atoms with Crippen molar-refractivity contribution in [3.63, 3.8) is 0 Å². The van der Waals surface area contributed by atoms with Gasteiger partial charge in [0, 0.05) is 14.4 Å². The average Bonchev–Trinajstić information content (AvgIpc) is 2.76. The van der Waals surface area contributed by atoms with Crippen molar-refractivity contribution >= 4 is 20.4 Å². The molecule has 0 unspecified atom stereocenters. The number of hydrogen-bond acceptors (Lipinski definition) is 1. The third kappa shape index (κ3) is 7.41. The van der Waals surface area contributed by atoms with Crippen LogP contribution in [-0.4, -0.2) is 15.4 Å². The minimum absolute atomic E-state index is 0.00225. The second-order valence-electron chi connectivity index (χ2n) is 9.60. The second kappa shape index (κ2) is 12.5. The Labute approximate surface area is 192 Å². The molecular formula is C25H37ClF3OSi. The maximum Gasteiger partial charge on any atom is 0.387 e. The van der Waals surface area contributed by atoms with Crippen molar-refractivity contribution < 1.29 is 17.9 Å². The standard InChI is InChI=1S/C25H37ClF3OSi/c1-2-15-31-16-13-19(14-17-31)6-4-3-5-18-7-9-20(10-8-18)21-11-12-22(26)23(27)24(21)30-25(28)29/h11-12,18-20,25H,2-10,13-17H2,1H3. The van der Waals surface area contributed by atoms with Gasteiger partial charge >= 0.3 is 6.61 Å². The largest absolute Gasteiger partial charge is 0.431 e. The van der Waals surface area contributed by atoms with Crippen molar-refractivity contribution in [2.24, 2.45) is 11.8 Å². The number of halogens is 4. The summed E-state index contributed by atoms with van der Waals surface area (Å²) < 4.78 is 44.3. The van der Waals surface area contributed by atoms with Gasteiger partial charge in [0.2, 0.25) is 0 Å². The van der Waals surface area contributed by atoms with Crippen molar-refractivity contribution in [1.29, 1.82) is 0 Å². The normalized spacial score (nSPS) is 23.4. The minimum Gasteiger partial charge on any atom is -0.431 e. The summed E-state index contributed by atoms with van der Waals surface area (Å²) >= 11 is 5.78. The van der Waals surface area contributed by atoms with Crippen molar-refractivity contribution in [2.45, 2.75) is 108 Å². The first-order chi connectivity index (χ1) is 15.0. The van der Waals surface area contributed by atoms with Crippen LogP contribution < -0.4 is 4.74 Å². The third-order valence-corrected chi connectivity index (χ3v) is 11.0. The minimum atomic E-state index is -3.05. The Kier molecular flexibility index (Phi) is 10.1. The molecule has 3 rings (SSSR count). The Balaban J connectivity index is 1.38. The smallest absolute Gasteiger partial charge is 0.387 e. The summed E-state index contributed by atoms with van der Waals surface area (Å²) in [6, 6.07) is 7.70. The van der Waals surface area contributed by atoms with Crippen molar-refractivity contribution in [3.8, 4) is 5.75 Å². The second-order valence-corrected chi connectivity index (χ2v) is 13.0. The van der Waals surface area contributed by atoms with Crippen LogP contribution >= 0.6 is 11.6 Å². The van der Waals surface area contributed by atoms with E-state index in [0.717, 1.165) is 31.6 Å². The van der Waals surface area contributed by atoms with Gasteiger partial charge in [-0.05, 0) is 49.5 Å². The number of hydrogen-bond donors (Lipinski definition) is 0. The van der Waals surface area contributed by atoms with E-state index in [0.29, 0.717) is 11.5 Å². The van der Waals surface area contributed by atoms with Gasteiger partial charge in [-0.1, -0.05) is 87.7 Å². The van der Waals surface area contributed by atoms with Gasteiger partial charge in [-0.15, -0.1) is 0 Å². The Hall–Kier alpha value is -0.683. The summed E-state index contributed by atoms with van der Waals surface area (Å²) in [7, 11) is -0.00225. The first kappa shape index (κ1) is 24.9. The predicted molar refractivity (Wildman–Crippen MR) is 124 cm³/mol. The maximum atomic E-state index is 14.3. The van der Waals surface area contributed by atoms with E-state index in [1.165, 1.54) is 69.1 Å². The van der Waals surface area contributed by atoms with Crippen LogP contribution in [0.25, 0.3) is 0 Å². The van der Waals surface area contributed by atoms with Gasteiger partial charge in [0.1, 0.15) is 0 Å². The van der Waals surface area contributed by atoms with Gasteiger partial charge in [0.15, 0.2) is 11.6 Å². The summed E-state index contributed by atoms with van der Waals surface area (Å²) in [5.74, 6) is 0.514. The molecule has 1 saturated heterocycles. The summed E-state index contributed by atoms with van der Waals surface area (Å²) in [6.45, 7) is -0.729. The van der Waals surface area contributed by atoms with Gasteiger partial charge in [-0.3, -0.25) is 0 Å². The molecular weight excluding hydrogens is 437 g/mol. The number of rotatable bonds is 10. The molecule has 1 saturated carbocycles. The first-order valence-corrected chi connectivity index (χ1v) is 14.7. The molecule has 31 heavy (non-hydrogen) atoms. The van der Waals surface area contributed by atoms with Crippen LogP contribution in [0.5, 0.6) is 5.75 Å². The van der Waals surface area contributed by atoms with E-state index in [1.54, 1.807) is 6.07 Å². The highest BCUT2D eigenvalue weighted by Crippen LogP contribution is 2.43. The highest BCUT2D eigenvalue weighted by molar-refractivity contribution is 6.58. The number of ether oxygens (including phenoxy) is 1. The van der Waals surface area contributed by atoms with Crippen molar-refractivity contribution in [1.82, 2.24) is 0 Å². The zero-order valence-electron chi connectivity index (χ0n) is 18.8. The quantitative estimate of drug-likeness (QED) is 0.243. The molecule has 1 heterocycles. The summed E-state index contributed by atoms with van der Waals surface area (Å²) in [6.07, 6.45) is 13.6. The lowest BCUT2D eigenvalue weighted by atomic mass is 9.76. The molecule has 1 radical (unpaired) electrons. The van der Waals surface area contributed by atoms with Gasteiger partial charge in [0.05, 0.1) is 5.02 Å². The molecule has 1 nitrogen and oxygen atoms in total. The average molecular weight is 474 g/mol. The lowest BCUT2D eigenvalue weighted by molar-refractivity contribution is -0.0531. The van der Waals surface area contributed by atoms with Crippen LogP contribution in [0.4, 0.5) is 13.2 Å². The van der Waals surface area contributed by atoms with E-state index in [1.807, 2.05) is 0 Å². The number of unbranched alkanes of at least 4 members (excludes halogenated alkanes) is 1. The SMILES string of the molecule is CCC[Si]1CCC(CCCCC2CCC(c3ccc(Cl)c(F)c3OC(F)F)CC2)CC1. The molecule has 0 N–H and O–H groups in total. The van der Waals surface area contributed by atoms with E-state index in [4.69, 9.17) is 11.6 Å². The van der Waals surface area contributed by atoms with E-state index in [9.17, 15) is 13.2 Å². The van der Waals surface area contributed by atoms with E-state index >= 15 is 0 Å². The molecule has 0 amide bonds. The number of alkyl halides is 2. The Bertz CT molecular complexity index is 671. The molecule has 1 aromatic rings. The van der Waals surface area contributed by atoms with Crippen LogP contribution in [0.3, 0.4) is 0 Å². The summed E-state index contributed by atoms with van der Waals surface area (Å²) in [4.78, 5) is 0. The third-order valence-electron chi connectivity index (χ3n) is 7.46.